The van der Waals surface area contributed by atoms with Crippen molar-refractivity contribution in [2.75, 3.05) is 23.7 Å². The second-order valence-electron chi connectivity index (χ2n) is 6.06. The lowest BCUT2D eigenvalue weighted by molar-refractivity contribution is 0.465. The van der Waals surface area contributed by atoms with Crippen molar-refractivity contribution in [1.82, 2.24) is 15.5 Å². The van der Waals surface area contributed by atoms with Crippen LogP contribution in [0, 0.1) is 0 Å². The molecular weight excluding hydrogens is 314 g/mol. The molecule has 6 nitrogen and oxygen atoms in total. The molecule has 7 heteroatoms. The van der Waals surface area contributed by atoms with Gasteiger partial charge in [-0.05, 0) is 31.0 Å². The monoisotopic (exact) mass is 333 g/mol. The molecule has 2 saturated heterocycles. The van der Waals surface area contributed by atoms with Crippen LogP contribution < -0.4 is 16.0 Å². The van der Waals surface area contributed by atoms with Gasteiger partial charge in [-0.3, -0.25) is 0 Å². The number of fused-ring (bicyclic) bond motifs is 2. The van der Waals surface area contributed by atoms with Crippen molar-refractivity contribution in [2.45, 2.75) is 24.9 Å². The van der Waals surface area contributed by atoms with E-state index in [0.29, 0.717) is 29.2 Å². The van der Waals surface area contributed by atoms with E-state index in [0.717, 1.165) is 18.8 Å². The fourth-order valence-corrected chi connectivity index (χ4v) is 3.46. The summed E-state index contributed by atoms with van der Waals surface area (Å²) in [5, 5.41) is 21.9. The molecule has 0 radical (unpaired) electrons. The van der Waals surface area contributed by atoms with Gasteiger partial charge in [0, 0.05) is 30.7 Å². The Morgan fingerprint density at radius 1 is 1.13 bits per heavy atom. The van der Waals surface area contributed by atoms with E-state index >= 15 is 0 Å². The number of piperazine rings is 1. The van der Waals surface area contributed by atoms with Gasteiger partial charge in [0.1, 0.15) is 5.75 Å². The van der Waals surface area contributed by atoms with Gasteiger partial charge < -0.3 is 21.1 Å². The summed E-state index contributed by atoms with van der Waals surface area (Å²) in [5.74, 6) is 0.647. The highest BCUT2D eigenvalue weighted by atomic mass is 35.5. The summed E-state index contributed by atoms with van der Waals surface area (Å²) >= 11 is 0. The van der Waals surface area contributed by atoms with Crippen molar-refractivity contribution < 1.29 is 5.11 Å². The maximum absolute atomic E-state index is 10.0. The van der Waals surface area contributed by atoms with Crippen molar-refractivity contribution in [3.8, 4) is 17.0 Å². The maximum Gasteiger partial charge on any atom is 0.169 e. The topological polar surface area (TPSA) is 87.3 Å². The first-order valence-corrected chi connectivity index (χ1v) is 7.63. The third-order valence-corrected chi connectivity index (χ3v) is 4.54. The lowest BCUT2D eigenvalue weighted by Gasteiger charge is -2.34. The zero-order valence-electron chi connectivity index (χ0n) is 12.6. The van der Waals surface area contributed by atoms with Gasteiger partial charge in [-0.15, -0.1) is 22.6 Å². The molecule has 4 rings (SSSR count). The van der Waals surface area contributed by atoms with Crippen molar-refractivity contribution in [1.29, 1.82) is 0 Å². The fraction of sp³-hybridized carbons (Fsp3) is 0.375. The Kier molecular flexibility index (Phi) is 4.28. The highest BCUT2D eigenvalue weighted by Gasteiger charge is 2.33. The quantitative estimate of drug-likeness (QED) is 0.776. The second kappa shape index (κ2) is 6.22. The summed E-state index contributed by atoms with van der Waals surface area (Å²) < 4.78 is 0. The third-order valence-electron chi connectivity index (χ3n) is 4.54. The highest BCUT2D eigenvalue weighted by Crippen LogP contribution is 2.33. The van der Waals surface area contributed by atoms with Crippen LogP contribution in [0.4, 0.5) is 11.5 Å². The minimum absolute atomic E-state index is 0. The van der Waals surface area contributed by atoms with Crippen LogP contribution in [0.3, 0.4) is 0 Å². The Balaban J connectivity index is 0.00000156. The number of anilines is 2. The summed E-state index contributed by atoms with van der Waals surface area (Å²) in [6.45, 7) is 1.87. The smallest absolute Gasteiger partial charge is 0.169 e. The molecule has 1 aromatic carbocycles. The molecular formula is C16H20ClN5O. The van der Waals surface area contributed by atoms with E-state index in [4.69, 9.17) is 5.73 Å². The lowest BCUT2D eigenvalue weighted by atomic mass is 10.1. The van der Waals surface area contributed by atoms with Gasteiger partial charge in [0.15, 0.2) is 5.82 Å². The molecule has 2 aromatic rings. The Morgan fingerprint density at radius 3 is 2.52 bits per heavy atom. The molecule has 0 amide bonds. The molecule has 122 valence electrons. The zero-order chi connectivity index (χ0) is 15.1. The van der Waals surface area contributed by atoms with Crippen LogP contribution in [-0.4, -0.2) is 40.5 Å². The van der Waals surface area contributed by atoms with Crippen LogP contribution in [0.5, 0.6) is 5.75 Å². The molecule has 2 bridgehead atoms. The number of phenolic OH excluding ortho intramolecular Hbond substituents is 1. The number of hydrogen-bond donors (Lipinski definition) is 3. The molecule has 2 aliphatic rings. The van der Waals surface area contributed by atoms with Gasteiger partial charge in [-0.25, -0.2) is 0 Å². The van der Waals surface area contributed by atoms with Gasteiger partial charge in [0.2, 0.25) is 0 Å². The van der Waals surface area contributed by atoms with Crippen LogP contribution >= 0.6 is 12.4 Å². The van der Waals surface area contributed by atoms with Crippen LogP contribution in [-0.2, 0) is 0 Å². The molecule has 0 spiro atoms. The summed E-state index contributed by atoms with van der Waals surface area (Å²) in [6, 6.07) is 10.1. The number of nitrogens with two attached hydrogens (primary N) is 1. The number of aromatic nitrogens is 2. The molecule has 2 unspecified atom stereocenters. The number of halogens is 1. The van der Waals surface area contributed by atoms with Crippen LogP contribution in [0.15, 0.2) is 30.3 Å². The zero-order valence-corrected chi connectivity index (χ0v) is 13.5. The summed E-state index contributed by atoms with van der Waals surface area (Å²) in [4.78, 5) is 2.28. The fourth-order valence-electron chi connectivity index (χ4n) is 3.46. The normalized spacial score (nSPS) is 22.7. The SMILES string of the molecule is Cl.Nc1nnc(-c2ccccc2O)cc1N1CC2CCC(C1)N2. The number of benzene rings is 1. The first kappa shape index (κ1) is 15.8. The number of phenols is 1. The van der Waals surface area contributed by atoms with E-state index < -0.39 is 0 Å². The van der Waals surface area contributed by atoms with E-state index in [2.05, 4.69) is 20.4 Å². The van der Waals surface area contributed by atoms with E-state index in [1.54, 1.807) is 12.1 Å². The summed E-state index contributed by atoms with van der Waals surface area (Å²) in [6.07, 6.45) is 2.43. The van der Waals surface area contributed by atoms with Crippen LogP contribution in [0.1, 0.15) is 12.8 Å². The van der Waals surface area contributed by atoms with E-state index in [1.165, 1.54) is 12.8 Å². The third kappa shape index (κ3) is 2.92. The number of nitrogen functional groups attached to an aromatic ring is 1. The average molecular weight is 334 g/mol. The predicted molar refractivity (Wildman–Crippen MR) is 93.0 cm³/mol. The molecule has 4 N–H and O–H groups in total. The molecule has 2 atom stereocenters. The van der Waals surface area contributed by atoms with E-state index in [9.17, 15) is 5.11 Å². The lowest BCUT2D eigenvalue weighted by Crippen LogP contribution is -2.51. The van der Waals surface area contributed by atoms with Gasteiger partial charge >= 0.3 is 0 Å². The Labute approximate surface area is 141 Å². The average Bonchev–Trinajstić information content (AvgIpc) is 2.87. The minimum atomic E-state index is 0. The summed E-state index contributed by atoms with van der Waals surface area (Å²) in [7, 11) is 0. The highest BCUT2D eigenvalue weighted by molar-refractivity contribution is 5.85. The maximum atomic E-state index is 10.0. The van der Waals surface area contributed by atoms with Gasteiger partial charge in [-0.2, -0.15) is 0 Å². The molecule has 3 heterocycles. The molecule has 0 saturated carbocycles. The Morgan fingerprint density at radius 2 is 1.83 bits per heavy atom. The first-order chi connectivity index (χ1) is 10.7. The summed E-state index contributed by atoms with van der Waals surface area (Å²) in [5.41, 5.74) is 8.28. The first-order valence-electron chi connectivity index (χ1n) is 7.63. The van der Waals surface area contributed by atoms with E-state index in [1.807, 2.05) is 18.2 Å². The number of hydrogen-bond acceptors (Lipinski definition) is 6. The molecule has 23 heavy (non-hydrogen) atoms. The van der Waals surface area contributed by atoms with Gasteiger partial charge in [-0.1, -0.05) is 12.1 Å². The molecule has 0 aliphatic carbocycles. The van der Waals surface area contributed by atoms with Crippen molar-refractivity contribution >= 4 is 23.9 Å². The van der Waals surface area contributed by atoms with Crippen LogP contribution in [0.2, 0.25) is 0 Å². The Bertz CT molecular complexity index is 699. The van der Waals surface area contributed by atoms with Crippen molar-refractivity contribution in [3.05, 3.63) is 30.3 Å². The second-order valence-corrected chi connectivity index (χ2v) is 6.06. The van der Waals surface area contributed by atoms with Gasteiger partial charge in [0.05, 0.1) is 11.4 Å². The van der Waals surface area contributed by atoms with E-state index in [-0.39, 0.29) is 18.2 Å². The Hall–Kier alpha value is -2.05. The van der Waals surface area contributed by atoms with Crippen LogP contribution in [0.25, 0.3) is 11.3 Å². The molecule has 2 aliphatic heterocycles. The number of aromatic hydroxyl groups is 1. The number of nitrogens with one attached hydrogen (secondary N) is 1. The number of para-hydroxylation sites is 1. The van der Waals surface area contributed by atoms with Crippen molar-refractivity contribution in [3.63, 3.8) is 0 Å². The standard InChI is InChI=1S/C16H19N5O.ClH/c17-16-14(21-8-10-5-6-11(9-21)18-10)7-13(19-20-16)12-3-1-2-4-15(12)22;/h1-4,7,10-11,18,22H,5-6,8-9H2,(H2,17,20);1H. The number of rotatable bonds is 2. The number of nitrogens with zero attached hydrogens (tertiary/aromatic N) is 3. The molecule has 1 aromatic heterocycles. The minimum Gasteiger partial charge on any atom is -0.507 e. The van der Waals surface area contributed by atoms with Gasteiger partial charge in [0.25, 0.3) is 0 Å². The largest absolute Gasteiger partial charge is 0.507 e. The van der Waals surface area contributed by atoms with Crippen molar-refractivity contribution in [2.24, 2.45) is 0 Å². The predicted octanol–water partition coefficient (Wildman–Crippen LogP) is 1.79. The molecule has 2 fully saturated rings.